The number of benzene rings is 1. The molecule has 22 heavy (non-hydrogen) atoms. The molecule has 0 saturated carbocycles. The van der Waals surface area contributed by atoms with Gasteiger partial charge in [0.15, 0.2) is 11.5 Å². The summed E-state index contributed by atoms with van der Waals surface area (Å²) in [6, 6.07) is 2.78. The highest BCUT2D eigenvalue weighted by Crippen LogP contribution is 2.29. The summed E-state index contributed by atoms with van der Waals surface area (Å²) in [7, 11) is 0. The van der Waals surface area contributed by atoms with Crippen LogP contribution in [0, 0.1) is 6.92 Å². The van der Waals surface area contributed by atoms with Crippen LogP contribution in [0.25, 0.3) is 11.1 Å². The fourth-order valence-electron chi connectivity index (χ4n) is 2.42. The Morgan fingerprint density at radius 1 is 1.55 bits per heavy atom. The molecule has 1 fully saturated rings. The summed E-state index contributed by atoms with van der Waals surface area (Å²) in [5.41, 5.74) is 1.62. The van der Waals surface area contributed by atoms with E-state index in [1.807, 2.05) is 0 Å². The fraction of sp³-hybridized carbons (Fsp3) is 0.267. The van der Waals surface area contributed by atoms with E-state index in [9.17, 15) is 9.59 Å². The Bertz CT molecular complexity index is 784. The molecule has 0 aliphatic carbocycles. The monoisotopic (exact) mass is 319 g/mol. The average Bonchev–Trinajstić information content (AvgIpc) is 2.76. The summed E-state index contributed by atoms with van der Waals surface area (Å²) in [4.78, 5) is 29.5. The van der Waals surface area contributed by atoms with Gasteiger partial charge in [-0.25, -0.2) is 4.98 Å². The first-order chi connectivity index (χ1) is 10.5. The van der Waals surface area contributed by atoms with Crippen molar-refractivity contribution >= 4 is 40.2 Å². The van der Waals surface area contributed by atoms with Gasteiger partial charge >= 0.3 is 0 Å². The molecule has 1 atom stereocenters. The van der Waals surface area contributed by atoms with Gasteiger partial charge in [0.05, 0.1) is 10.7 Å². The molecule has 114 valence electrons. The number of carbonyl (C=O) groups excluding carboxylic acids is 2. The van der Waals surface area contributed by atoms with Crippen LogP contribution in [0.5, 0.6) is 0 Å². The molecule has 2 amide bonds. The molecule has 2 aromatic rings. The van der Waals surface area contributed by atoms with Crippen LogP contribution < -0.4 is 5.32 Å². The normalized spacial score (nSPS) is 17.2. The number of amides is 2. The van der Waals surface area contributed by atoms with Gasteiger partial charge in [-0.1, -0.05) is 18.2 Å². The van der Waals surface area contributed by atoms with Gasteiger partial charge in [-0.15, -0.1) is 0 Å². The molecule has 1 aromatic heterocycles. The number of hydrogen-bond acceptors (Lipinski definition) is 4. The highest BCUT2D eigenvalue weighted by Gasteiger charge is 2.36. The summed E-state index contributed by atoms with van der Waals surface area (Å²) in [6.45, 7) is 5.72. The maximum Gasteiger partial charge on any atom is 0.247 e. The van der Waals surface area contributed by atoms with Gasteiger partial charge in [0.2, 0.25) is 11.8 Å². The molecule has 7 heteroatoms. The Balaban J connectivity index is 1.80. The minimum absolute atomic E-state index is 0.251. The molecule has 0 radical (unpaired) electrons. The lowest BCUT2D eigenvalue weighted by molar-refractivity contribution is -0.141. The minimum Gasteiger partial charge on any atom is -0.441 e. The van der Waals surface area contributed by atoms with E-state index in [0.717, 1.165) is 0 Å². The zero-order valence-electron chi connectivity index (χ0n) is 11.9. The Labute approximate surface area is 131 Å². The van der Waals surface area contributed by atoms with Crippen LogP contribution in [0.2, 0.25) is 5.02 Å². The zero-order chi connectivity index (χ0) is 15.9. The number of oxazole rings is 1. The van der Waals surface area contributed by atoms with E-state index in [-0.39, 0.29) is 11.8 Å². The highest BCUT2D eigenvalue weighted by molar-refractivity contribution is 6.34. The number of anilines is 1. The minimum atomic E-state index is -0.492. The van der Waals surface area contributed by atoms with E-state index in [2.05, 4.69) is 16.9 Å². The molecule has 0 spiro atoms. The predicted octanol–water partition coefficient (Wildman–Crippen LogP) is 2.52. The van der Waals surface area contributed by atoms with Crippen molar-refractivity contribution in [3.05, 3.63) is 35.7 Å². The Morgan fingerprint density at radius 2 is 2.32 bits per heavy atom. The first kappa shape index (κ1) is 14.6. The number of hydrogen-bond donors (Lipinski definition) is 1. The van der Waals surface area contributed by atoms with Crippen LogP contribution in [0.3, 0.4) is 0 Å². The van der Waals surface area contributed by atoms with Gasteiger partial charge in [0.25, 0.3) is 0 Å². The lowest BCUT2D eigenvalue weighted by Crippen LogP contribution is -2.56. The maximum absolute atomic E-state index is 12.3. The third kappa shape index (κ3) is 2.46. The van der Waals surface area contributed by atoms with Gasteiger partial charge in [-0.05, 0) is 18.6 Å². The standard InChI is InChI=1S/C15H14ClN3O3/c1-3-14(20)19-5-4-12(19)15(21)18-10-7-13-11(6-9(10)16)17-8(2)22-13/h3,6-7,12H,1,4-5H2,2H3,(H,18,21)/t12-/m1/s1. The van der Waals surface area contributed by atoms with E-state index in [1.165, 1.54) is 11.0 Å². The van der Waals surface area contributed by atoms with Crippen molar-refractivity contribution in [1.82, 2.24) is 9.88 Å². The molecular formula is C15H14ClN3O3. The SMILES string of the molecule is C=CC(=O)N1CC[C@@H]1C(=O)Nc1cc2oc(C)nc2cc1Cl. The van der Waals surface area contributed by atoms with Crippen molar-refractivity contribution < 1.29 is 14.0 Å². The van der Waals surface area contributed by atoms with Crippen LogP contribution in [0.4, 0.5) is 5.69 Å². The Hall–Kier alpha value is -2.34. The van der Waals surface area contributed by atoms with Crippen molar-refractivity contribution in [1.29, 1.82) is 0 Å². The highest BCUT2D eigenvalue weighted by atomic mass is 35.5. The van der Waals surface area contributed by atoms with E-state index in [4.69, 9.17) is 16.0 Å². The second-order valence-corrected chi connectivity index (χ2v) is 5.47. The smallest absolute Gasteiger partial charge is 0.247 e. The summed E-state index contributed by atoms with van der Waals surface area (Å²) in [6.07, 6.45) is 1.82. The largest absolute Gasteiger partial charge is 0.441 e. The molecule has 1 aliphatic heterocycles. The predicted molar refractivity (Wildman–Crippen MR) is 82.7 cm³/mol. The van der Waals surface area contributed by atoms with Crippen molar-refractivity contribution in [2.24, 2.45) is 0 Å². The third-order valence-corrected chi connectivity index (χ3v) is 3.93. The number of likely N-dealkylation sites (tertiary alicyclic amines) is 1. The van der Waals surface area contributed by atoms with Gasteiger partial charge in [-0.3, -0.25) is 9.59 Å². The summed E-state index contributed by atoms with van der Waals surface area (Å²) in [5.74, 6) is -0.00552. The fourth-order valence-corrected chi connectivity index (χ4v) is 2.62. The zero-order valence-corrected chi connectivity index (χ0v) is 12.7. The van der Waals surface area contributed by atoms with E-state index in [0.29, 0.717) is 40.7 Å². The quantitative estimate of drug-likeness (QED) is 0.882. The maximum atomic E-state index is 12.3. The molecule has 0 bridgehead atoms. The summed E-state index contributed by atoms with van der Waals surface area (Å²) >= 11 is 6.16. The third-order valence-electron chi connectivity index (χ3n) is 3.62. The molecular weight excluding hydrogens is 306 g/mol. The van der Waals surface area contributed by atoms with E-state index >= 15 is 0 Å². The summed E-state index contributed by atoms with van der Waals surface area (Å²) in [5, 5.41) is 3.11. The number of nitrogens with zero attached hydrogens (tertiary/aromatic N) is 2. The van der Waals surface area contributed by atoms with Crippen LogP contribution in [-0.2, 0) is 9.59 Å². The second kappa shape index (κ2) is 5.46. The van der Waals surface area contributed by atoms with Gasteiger partial charge in [-0.2, -0.15) is 0 Å². The van der Waals surface area contributed by atoms with Gasteiger partial charge < -0.3 is 14.6 Å². The topological polar surface area (TPSA) is 75.4 Å². The van der Waals surface area contributed by atoms with Gasteiger partial charge in [0, 0.05) is 19.5 Å². The van der Waals surface area contributed by atoms with Crippen LogP contribution in [-0.4, -0.2) is 34.3 Å². The summed E-state index contributed by atoms with van der Waals surface area (Å²) < 4.78 is 5.42. The van der Waals surface area contributed by atoms with Crippen LogP contribution in [0.15, 0.2) is 29.2 Å². The number of halogens is 1. The molecule has 0 unspecified atom stereocenters. The number of aryl methyl sites for hydroxylation is 1. The first-order valence-electron chi connectivity index (χ1n) is 6.80. The number of fused-ring (bicyclic) bond motifs is 1. The molecule has 1 aliphatic rings. The Kier molecular flexibility index (Phi) is 3.62. The van der Waals surface area contributed by atoms with Crippen molar-refractivity contribution in [3.8, 4) is 0 Å². The van der Waals surface area contributed by atoms with Crippen LogP contribution in [0.1, 0.15) is 12.3 Å². The average molecular weight is 320 g/mol. The van der Waals surface area contributed by atoms with Crippen LogP contribution >= 0.6 is 11.6 Å². The van der Waals surface area contributed by atoms with E-state index < -0.39 is 6.04 Å². The second-order valence-electron chi connectivity index (χ2n) is 5.06. The number of aromatic nitrogens is 1. The first-order valence-corrected chi connectivity index (χ1v) is 7.18. The molecule has 3 rings (SSSR count). The molecule has 1 N–H and O–H groups in total. The van der Waals surface area contributed by atoms with Crippen molar-refractivity contribution in [2.75, 3.05) is 11.9 Å². The number of carbonyl (C=O) groups is 2. The Morgan fingerprint density at radius 3 is 2.95 bits per heavy atom. The van der Waals surface area contributed by atoms with Gasteiger partial charge in [0.1, 0.15) is 11.6 Å². The molecule has 1 aromatic carbocycles. The van der Waals surface area contributed by atoms with Crippen molar-refractivity contribution in [2.45, 2.75) is 19.4 Å². The lowest BCUT2D eigenvalue weighted by Gasteiger charge is -2.39. The molecule has 2 heterocycles. The number of nitrogens with one attached hydrogen (secondary N) is 1. The van der Waals surface area contributed by atoms with E-state index in [1.54, 1.807) is 19.1 Å². The molecule has 6 nitrogen and oxygen atoms in total. The number of rotatable bonds is 3. The molecule has 1 saturated heterocycles. The van der Waals surface area contributed by atoms with Crippen molar-refractivity contribution in [3.63, 3.8) is 0 Å². The lowest BCUT2D eigenvalue weighted by atomic mass is 10.0.